The summed E-state index contributed by atoms with van der Waals surface area (Å²) >= 11 is 1.25. The fourth-order valence-electron chi connectivity index (χ4n) is 1.44. The fraction of sp³-hybridized carbons (Fsp3) is 0.0833. The van der Waals surface area contributed by atoms with Crippen LogP contribution in [-0.4, -0.2) is 5.91 Å². The Hall–Kier alpha value is -1.99. The first-order chi connectivity index (χ1) is 9.10. The zero-order chi connectivity index (χ0) is 13.8. The Labute approximate surface area is 113 Å². The Kier molecular flexibility index (Phi) is 4.08. The van der Waals surface area contributed by atoms with E-state index in [4.69, 9.17) is 16.0 Å². The van der Waals surface area contributed by atoms with Crippen molar-refractivity contribution in [2.45, 2.75) is 10.6 Å². The molecule has 0 radical (unpaired) electrons. The molecule has 0 atom stereocenters. The van der Waals surface area contributed by atoms with Crippen LogP contribution in [-0.2, 0) is 5.75 Å². The first kappa shape index (κ1) is 13.4. The third kappa shape index (κ3) is 3.27. The molecule has 2 aromatic rings. The summed E-state index contributed by atoms with van der Waals surface area (Å²) in [6.45, 7) is 0. The molecule has 0 fully saturated rings. The maximum Gasteiger partial charge on any atom is 0.268 e. The number of nitrogens with one attached hydrogen (secondary N) is 1. The number of nitrogens with two attached hydrogens (primary N) is 2. The Balaban J connectivity index is 2.02. The van der Waals surface area contributed by atoms with Gasteiger partial charge >= 0.3 is 0 Å². The van der Waals surface area contributed by atoms with Gasteiger partial charge in [0.15, 0.2) is 0 Å². The predicted octanol–water partition coefficient (Wildman–Crippen LogP) is 1.90. The van der Waals surface area contributed by atoms with Crippen molar-refractivity contribution < 1.29 is 13.6 Å². The number of hydrogen-bond donors (Lipinski definition) is 3. The summed E-state index contributed by atoms with van der Waals surface area (Å²) in [4.78, 5) is 11.7. The third-order valence-electron chi connectivity index (χ3n) is 2.37. The van der Waals surface area contributed by atoms with Gasteiger partial charge in [-0.25, -0.2) is 10.2 Å². The highest BCUT2D eigenvalue weighted by molar-refractivity contribution is 7.98. The van der Waals surface area contributed by atoms with Crippen LogP contribution in [0.3, 0.4) is 0 Å². The van der Waals surface area contributed by atoms with E-state index < -0.39 is 5.91 Å². The van der Waals surface area contributed by atoms with E-state index in [9.17, 15) is 9.18 Å². The van der Waals surface area contributed by atoms with E-state index in [0.717, 1.165) is 0 Å². The molecule has 19 heavy (non-hydrogen) atoms. The number of halogens is 1. The average Bonchev–Trinajstić information content (AvgIpc) is 2.85. The number of hydrazine groups is 1. The molecular weight excluding hydrogens is 269 g/mol. The van der Waals surface area contributed by atoms with Crippen molar-refractivity contribution in [3.63, 3.8) is 0 Å². The van der Waals surface area contributed by atoms with E-state index in [1.807, 2.05) is 5.43 Å². The van der Waals surface area contributed by atoms with Crippen molar-refractivity contribution in [1.82, 2.24) is 5.43 Å². The van der Waals surface area contributed by atoms with Gasteiger partial charge < -0.3 is 10.2 Å². The van der Waals surface area contributed by atoms with Crippen LogP contribution in [0.4, 0.5) is 10.1 Å². The standard InChI is InChI=1S/C12H12FN3O2S/c13-10-4-8(14)1-2-11(10)19-6-9-3-7(5-18-9)12(17)16-15/h1-5H,6,14-15H2,(H,16,17). The van der Waals surface area contributed by atoms with Crippen LogP contribution in [0.15, 0.2) is 39.8 Å². The molecule has 5 N–H and O–H groups in total. The van der Waals surface area contributed by atoms with Crippen LogP contribution in [0.5, 0.6) is 0 Å². The summed E-state index contributed by atoms with van der Waals surface area (Å²) in [7, 11) is 0. The predicted molar refractivity (Wildman–Crippen MR) is 70.7 cm³/mol. The number of benzene rings is 1. The minimum absolute atomic E-state index is 0.330. The van der Waals surface area contributed by atoms with Crippen LogP contribution in [0, 0.1) is 5.82 Å². The highest BCUT2D eigenvalue weighted by atomic mass is 32.2. The number of rotatable bonds is 4. The lowest BCUT2D eigenvalue weighted by atomic mass is 10.3. The van der Waals surface area contributed by atoms with Gasteiger partial charge in [-0.2, -0.15) is 0 Å². The largest absolute Gasteiger partial charge is 0.468 e. The van der Waals surface area contributed by atoms with Crippen molar-refractivity contribution in [2.24, 2.45) is 5.84 Å². The van der Waals surface area contributed by atoms with E-state index in [-0.39, 0.29) is 5.82 Å². The summed E-state index contributed by atoms with van der Waals surface area (Å²) in [6.07, 6.45) is 1.30. The summed E-state index contributed by atoms with van der Waals surface area (Å²) < 4.78 is 18.7. The number of amides is 1. The summed E-state index contributed by atoms with van der Waals surface area (Å²) in [5.74, 6) is 5.15. The molecule has 1 aromatic heterocycles. The molecule has 2 rings (SSSR count). The fourth-order valence-corrected chi connectivity index (χ4v) is 2.25. The first-order valence-electron chi connectivity index (χ1n) is 5.36. The molecule has 7 heteroatoms. The number of nitrogen functional groups attached to an aromatic ring is 2. The van der Waals surface area contributed by atoms with E-state index >= 15 is 0 Å². The van der Waals surface area contributed by atoms with Gasteiger partial charge in [0.2, 0.25) is 0 Å². The monoisotopic (exact) mass is 281 g/mol. The minimum atomic E-state index is -0.432. The number of thioether (sulfide) groups is 1. The molecule has 0 bridgehead atoms. The Bertz CT molecular complexity index is 600. The van der Waals surface area contributed by atoms with Gasteiger partial charge in [-0.05, 0) is 24.3 Å². The van der Waals surface area contributed by atoms with Crippen molar-refractivity contribution in [3.8, 4) is 0 Å². The van der Waals surface area contributed by atoms with Crippen molar-refractivity contribution in [3.05, 3.63) is 47.7 Å². The van der Waals surface area contributed by atoms with E-state index in [1.165, 1.54) is 24.1 Å². The Morgan fingerprint density at radius 3 is 2.89 bits per heavy atom. The van der Waals surface area contributed by atoms with Gasteiger partial charge in [0.25, 0.3) is 5.91 Å². The quantitative estimate of drug-likeness (QED) is 0.261. The molecule has 0 aliphatic heterocycles. The van der Waals surface area contributed by atoms with Gasteiger partial charge in [-0.15, -0.1) is 11.8 Å². The molecule has 100 valence electrons. The maximum absolute atomic E-state index is 13.5. The Morgan fingerprint density at radius 1 is 1.42 bits per heavy atom. The summed E-state index contributed by atoms with van der Waals surface area (Å²) in [5.41, 5.74) is 8.17. The van der Waals surface area contributed by atoms with Crippen LogP contribution >= 0.6 is 11.8 Å². The number of hydrogen-bond acceptors (Lipinski definition) is 5. The maximum atomic E-state index is 13.5. The topological polar surface area (TPSA) is 94.3 Å². The van der Waals surface area contributed by atoms with Crippen molar-refractivity contribution in [2.75, 3.05) is 5.73 Å². The van der Waals surface area contributed by atoms with Gasteiger partial charge in [-0.1, -0.05) is 0 Å². The lowest BCUT2D eigenvalue weighted by molar-refractivity contribution is 0.0953. The molecule has 1 aromatic carbocycles. The molecule has 1 heterocycles. The first-order valence-corrected chi connectivity index (χ1v) is 6.35. The molecular formula is C12H12FN3O2S. The smallest absolute Gasteiger partial charge is 0.268 e. The lowest BCUT2D eigenvalue weighted by Gasteiger charge is -2.02. The Morgan fingerprint density at radius 2 is 2.21 bits per heavy atom. The lowest BCUT2D eigenvalue weighted by Crippen LogP contribution is -2.29. The number of furan rings is 1. The molecule has 0 aliphatic rings. The molecule has 5 nitrogen and oxygen atoms in total. The van der Waals surface area contributed by atoms with Gasteiger partial charge in [0.05, 0.1) is 11.3 Å². The summed E-state index contributed by atoms with van der Waals surface area (Å²) in [6, 6.07) is 6.05. The second kappa shape index (κ2) is 5.77. The molecule has 0 saturated carbocycles. The van der Waals surface area contributed by atoms with Gasteiger partial charge in [-0.3, -0.25) is 10.2 Å². The second-order valence-electron chi connectivity index (χ2n) is 3.75. The normalized spacial score (nSPS) is 10.4. The van der Waals surface area contributed by atoms with Crippen LogP contribution in [0.2, 0.25) is 0 Å². The molecule has 0 unspecified atom stereocenters. The molecule has 0 aliphatic carbocycles. The number of anilines is 1. The van der Waals surface area contributed by atoms with Crippen LogP contribution in [0.1, 0.15) is 16.1 Å². The average molecular weight is 281 g/mol. The highest BCUT2D eigenvalue weighted by Gasteiger charge is 2.10. The van der Waals surface area contributed by atoms with Crippen molar-refractivity contribution in [1.29, 1.82) is 0 Å². The molecule has 0 spiro atoms. The van der Waals surface area contributed by atoms with Gasteiger partial charge in [0, 0.05) is 10.6 Å². The minimum Gasteiger partial charge on any atom is -0.468 e. The van der Waals surface area contributed by atoms with Crippen molar-refractivity contribution >= 4 is 23.4 Å². The second-order valence-corrected chi connectivity index (χ2v) is 4.77. The molecule has 0 saturated heterocycles. The zero-order valence-electron chi connectivity index (χ0n) is 9.85. The molecule has 1 amide bonds. The third-order valence-corrected chi connectivity index (χ3v) is 3.44. The summed E-state index contributed by atoms with van der Waals surface area (Å²) in [5, 5.41) is 0. The number of carbonyl (C=O) groups excluding carboxylic acids is 1. The van der Waals surface area contributed by atoms with E-state index in [1.54, 1.807) is 18.2 Å². The van der Waals surface area contributed by atoms with Crippen LogP contribution in [0.25, 0.3) is 0 Å². The zero-order valence-corrected chi connectivity index (χ0v) is 10.7. The van der Waals surface area contributed by atoms with Crippen LogP contribution < -0.4 is 17.0 Å². The SMILES string of the molecule is NNC(=O)c1coc(CSc2ccc(N)cc2F)c1. The highest BCUT2D eigenvalue weighted by Crippen LogP contribution is 2.27. The van der Waals surface area contributed by atoms with E-state index in [0.29, 0.717) is 27.7 Å². The van der Waals surface area contributed by atoms with E-state index in [2.05, 4.69) is 0 Å². The number of carbonyl (C=O) groups is 1. The van der Waals surface area contributed by atoms with Gasteiger partial charge in [0.1, 0.15) is 17.8 Å².